The SMILES string of the molecule is CC(C)(C)COCOCOC(C)(C)C. The fourth-order valence-electron chi connectivity index (χ4n) is 0.659. The third-order valence-electron chi connectivity index (χ3n) is 1.28. The number of hydrogen-bond donors (Lipinski definition) is 0. The number of rotatable bonds is 5. The van der Waals surface area contributed by atoms with Crippen LogP contribution in [0.5, 0.6) is 0 Å². The zero-order valence-corrected chi connectivity index (χ0v) is 10.3. The van der Waals surface area contributed by atoms with E-state index in [0.29, 0.717) is 13.4 Å². The third-order valence-corrected chi connectivity index (χ3v) is 1.28. The Morgan fingerprint density at radius 3 is 1.79 bits per heavy atom. The lowest BCUT2D eigenvalue weighted by molar-refractivity contribution is -0.172. The van der Waals surface area contributed by atoms with Crippen LogP contribution in [0.2, 0.25) is 0 Å². The molecule has 0 aromatic rings. The van der Waals surface area contributed by atoms with Crippen LogP contribution in [0.3, 0.4) is 0 Å². The predicted octanol–water partition coefficient (Wildman–Crippen LogP) is 2.80. The Labute approximate surface area is 87.7 Å². The second kappa shape index (κ2) is 5.69. The number of hydrogen-bond acceptors (Lipinski definition) is 3. The highest BCUT2D eigenvalue weighted by atomic mass is 16.7. The molecule has 0 bridgehead atoms. The van der Waals surface area contributed by atoms with Gasteiger partial charge in [-0.05, 0) is 26.2 Å². The molecule has 0 aromatic carbocycles. The van der Waals surface area contributed by atoms with Gasteiger partial charge in [-0.25, -0.2) is 0 Å². The molecule has 0 radical (unpaired) electrons. The van der Waals surface area contributed by atoms with E-state index in [1.54, 1.807) is 0 Å². The molecule has 86 valence electrons. The Morgan fingerprint density at radius 1 is 0.786 bits per heavy atom. The van der Waals surface area contributed by atoms with Gasteiger partial charge < -0.3 is 14.2 Å². The zero-order valence-electron chi connectivity index (χ0n) is 10.3. The first kappa shape index (κ1) is 13.9. The lowest BCUT2D eigenvalue weighted by Crippen LogP contribution is -2.22. The second-order valence-electron chi connectivity index (χ2n) is 5.61. The normalized spacial score (nSPS) is 13.3. The van der Waals surface area contributed by atoms with Crippen LogP contribution in [0.4, 0.5) is 0 Å². The maximum atomic E-state index is 5.36. The average Bonchev–Trinajstić information content (AvgIpc) is 1.92. The van der Waals surface area contributed by atoms with Crippen molar-refractivity contribution in [2.24, 2.45) is 5.41 Å². The first-order valence-corrected chi connectivity index (χ1v) is 5.00. The van der Waals surface area contributed by atoms with Gasteiger partial charge in [-0.15, -0.1) is 0 Å². The molecule has 0 spiro atoms. The molecule has 3 heteroatoms. The molecule has 0 saturated carbocycles. The summed E-state index contributed by atoms with van der Waals surface area (Å²) in [5.74, 6) is 0. The van der Waals surface area contributed by atoms with Crippen molar-refractivity contribution in [2.75, 3.05) is 20.2 Å². The van der Waals surface area contributed by atoms with Crippen LogP contribution in [0.15, 0.2) is 0 Å². The lowest BCUT2D eigenvalue weighted by Gasteiger charge is -2.20. The molecule has 0 N–H and O–H groups in total. The van der Waals surface area contributed by atoms with Crippen LogP contribution in [0.1, 0.15) is 41.5 Å². The molecular formula is C11H24O3. The molecule has 14 heavy (non-hydrogen) atoms. The van der Waals surface area contributed by atoms with Gasteiger partial charge in [-0.2, -0.15) is 0 Å². The van der Waals surface area contributed by atoms with E-state index in [1.165, 1.54) is 0 Å². The van der Waals surface area contributed by atoms with Crippen molar-refractivity contribution in [2.45, 2.75) is 47.1 Å². The molecule has 0 aliphatic heterocycles. The van der Waals surface area contributed by atoms with E-state index < -0.39 is 0 Å². The smallest absolute Gasteiger partial charge is 0.150 e. The standard InChI is InChI=1S/C11H24O3/c1-10(2,3)7-12-8-13-9-14-11(4,5)6/h7-9H2,1-6H3. The van der Waals surface area contributed by atoms with Crippen LogP contribution < -0.4 is 0 Å². The van der Waals surface area contributed by atoms with Crippen LogP contribution in [0, 0.1) is 5.41 Å². The molecule has 0 unspecified atom stereocenters. The van der Waals surface area contributed by atoms with Crippen molar-refractivity contribution in [3.8, 4) is 0 Å². The van der Waals surface area contributed by atoms with Crippen LogP contribution in [-0.4, -0.2) is 25.8 Å². The highest BCUT2D eigenvalue weighted by molar-refractivity contribution is 4.58. The van der Waals surface area contributed by atoms with Crippen molar-refractivity contribution in [3.63, 3.8) is 0 Å². The Hall–Kier alpha value is -0.120. The van der Waals surface area contributed by atoms with Crippen LogP contribution in [0.25, 0.3) is 0 Å². The summed E-state index contributed by atoms with van der Waals surface area (Å²) < 4.78 is 15.8. The van der Waals surface area contributed by atoms with Crippen molar-refractivity contribution in [1.29, 1.82) is 0 Å². The molecular weight excluding hydrogens is 180 g/mol. The summed E-state index contributed by atoms with van der Waals surface area (Å²) in [6.07, 6.45) is 0. The van der Waals surface area contributed by atoms with E-state index in [-0.39, 0.29) is 17.8 Å². The van der Waals surface area contributed by atoms with Crippen molar-refractivity contribution < 1.29 is 14.2 Å². The molecule has 0 fully saturated rings. The van der Waals surface area contributed by atoms with E-state index in [4.69, 9.17) is 14.2 Å². The fourth-order valence-corrected chi connectivity index (χ4v) is 0.659. The summed E-state index contributed by atoms with van der Waals surface area (Å²) >= 11 is 0. The third kappa shape index (κ3) is 11.9. The fraction of sp³-hybridized carbons (Fsp3) is 1.00. The Balaban J connectivity index is 3.23. The minimum atomic E-state index is -0.149. The van der Waals surface area contributed by atoms with Gasteiger partial charge in [0.05, 0.1) is 12.2 Å². The maximum Gasteiger partial charge on any atom is 0.150 e. The highest BCUT2D eigenvalue weighted by Gasteiger charge is 2.11. The molecule has 0 amide bonds. The van der Waals surface area contributed by atoms with Gasteiger partial charge in [-0.3, -0.25) is 0 Å². The Morgan fingerprint density at radius 2 is 1.36 bits per heavy atom. The topological polar surface area (TPSA) is 27.7 Å². The minimum Gasteiger partial charge on any atom is -0.355 e. The van der Waals surface area contributed by atoms with Gasteiger partial charge in [0.1, 0.15) is 13.6 Å². The molecule has 0 aliphatic rings. The van der Waals surface area contributed by atoms with Gasteiger partial charge in [0.15, 0.2) is 0 Å². The summed E-state index contributed by atoms with van der Waals surface area (Å²) in [4.78, 5) is 0. The highest BCUT2D eigenvalue weighted by Crippen LogP contribution is 2.12. The van der Waals surface area contributed by atoms with Crippen molar-refractivity contribution in [1.82, 2.24) is 0 Å². The van der Waals surface area contributed by atoms with Gasteiger partial charge in [0.2, 0.25) is 0 Å². The van der Waals surface area contributed by atoms with E-state index in [0.717, 1.165) is 0 Å². The molecule has 0 rings (SSSR count). The summed E-state index contributed by atoms with van der Waals surface area (Å²) in [5, 5.41) is 0. The molecule has 0 aromatic heterocycles. The summed E-state index contributed by atoms with van der Waals surface area (Å²) in [5.41, 5.74) is 0.0400. The van der Waals surface area contributed by atoms with Gasteiger partial charge in [0.25, 0.3) is 0 Å². The molecule has 0 heterocycles. The first-order chi connectivity index (χ1) is 6.21. The quantitative estimate of drug-likeness (QED) is 0.509. The van der Waals surface area contributed by atoms with Gasteiger partial charge >= 0.3 is 0 Å². The van der Waals surface area contributed by atoms with Crippen molar-refractivity contribution >= 4 is 0 Å². The maximum absolute atomic E-state index is 5.36. The minimum absolute atomic E-state index is 0.149. The van der Waals surface area contributed by atoms with E-state index in [9.17, 15) is 0 Å². The summed E-state index contributed by atoms with van der Waals surface area (Å²) in [6, 6.07) is 0. The van der Waals surface area contributed by atoms with Gasteiger partial charge in [-0.1, -0.05) is 20.8 Å². The lowest BCUT2D eigenvalue weighted by atomic mass is 9.99. The van der Waals surface area contributed by atoms with Crippen molar-refractivity contribution in [3.05, 3.63) is 0 Å². The van der Waals surface area contributed by atoms with E-state index in [2.05, 4.69) is 20.8 Å². The van der Waals surface area contributed by atoms with Gasteiger partial charge in [0, 0.05) is 0 Å². The second-order valence-corrected chi connectivity index (χ2v) is 5.61. The molecule has 0 atom stereocenters. The number of ether oxygens (including phenoxy) is 3. The van der Waals surface area contributed by atoms with Crippen LogP contribution >= 0.6 is 0 Å². The summed E-state index contributed by atoms with van der Waals surface area (Å²) in [6.45, 7) is 13.6. The molecule has 0 aliphatic carbocycles. The summed E-state index contributed by atoms with van der Waals surface area (Å²) in [7, 11) is 0. The largest absolute Gasteiger partial charge is 0.355 e. The Kier molecular flexibility index (Phi) is 5.64. The Bertz CT molecular complexity index is 124. The monoisotopic (exact) mass is 204 g/mol. The van der Waals surface area contributed by atoms with E-state index >= 15 is 0 Å². The predicted molar refractivity (Wildman–Crippen MR) is 57.1 cm³/mol. The zero-order chi connectivity index (χ0) is 11.2. The van der Waals surface area contributed by atoms with Crippen LogP contribution in [-0.2, 0) is 14.2 Å². The first-order valence-electron chi connectivity index (χ1n) is 5.00. The van der Waals surface area contributed by atoms with E-state index in [1.807, 2.05) is 20.8 Å². The average molecular weight is 204 g/mol. The molecule has 3 nitrogen and oxygen atoms in total. The molecule has 0 saturated heterocycles.